The van der Waals surface area contributed by atoms with E-state index >= 15 is 0 Å². The fraction of sp³-hybridized carbons (Fsp3) is 0.167. The SMILES string of the molecule is Cc1ccc(C(N)c2ncccn2)c(Br)c1. The van der Waals surface area contributed by atoms with E-state index in [0.717, 1.165) is 10.0 Å². The zero-order valence-electron chi connectivity index (χ0n) is 8.89. The first-order chi connectivity index (χ1) is 7.68. The number of benzene rings is 1. The van der Waals surface area contributed by atoms with Crippen molar-refractivity contribution in [1.29, 1.82) is 0 Å². The number of hydrogen-bond donors (Lipinski definition) is 1. The topological polar surface area (TPSA) is 51.8 Å². The number of rotatable bonds is 2. The minimum atomic E-state index is -0.295. The Morgan fingerprint density at radius 2 is 1.94 bits per heavy atom. The Labute approximate surface area is 103 Å². The molecule has 0 saturated heterocycles. The summed E-state index contributed by atoms with van der Waals surface area (Å²) in [4.78, 5) is 8.32. The molecule has 4 heteroatoms. The molecule has 1 aromatic heterocycles. The van der Waals surface area contributed by atoms with Gasteiger partial charge in [-0.15, -0.1) is 0 Å². The fourth-order valence-corrected chi connectivity index (χ4v) is 2.23. The highest BCUT2D eigenvalue weighted by molar-refractivity contribution is 9.10. The monoisotopic (exact) mass is 277 g/mol. The molecular weight excluding hydrogens is 266 g/mol. The number of nitrogens with zero attached hydrogens (tertiary/aromatic N) is 2. The van der Waals surface area contributed by atoms with Crippen LogP contribution in [0.25, 0.3) is 0 Å². The van der Waals surface area contributed by atoms with E-state index in [1.165, 1.54) is 5.56 Å². The van der Waals surface area contributed by atoms with Crippen molar-refractivity contribution in [2.75, 3.05) is 0 Å². The molecule has 0 saturated carbocycles. The second-order valence-electron chi connectivity index (χ2n) is 3.61. The molecule has 0 radical (unpaired) electrons. The van der Waals surface area contributed by atoms with E-state index in [0.29, 0.717) is 5.82 Å². The fourth-order valence-electron chi connectivity index (χ4n) is 1.49. The van der Waals surface area contributed by atoms with Gasteiger partial charge in [0.15, 0.2) is 0 Å². The zero-order chi connectivity index (χ0) is 11.5. The van der Waals surface area contributed by atoms with Crippen LogP contribution in [0.5, 0.6) is 0 Å². The smallest absolute Gasteiger partial charge is 0.149 e. The first-order valence-electron chi connectivity index (χ1n) is 4.97. The van der Waals surface area contributed by atoms with E-state index in [1.54, 1.807) is 18.5 Å². The van der Waals surface area contributed by atoms with Crippen molar-refractivity contribution in [1.82, 2.24) is 9.97 Å². The van der Waals surface area contributed by atoms with Gasteiger partial charge in [-0.25, -0.2) is 9.97 Å². The van der Waals surface area contributed by atoms with Gasteiger partial charge in [0.05, 0.1) is 6.04 Å². The summed E-state index contributed by atoms with van der Waals surface area (Å²) in [6.45, 7) is 2.04. The maximum atomic E-state index is 6.11. The van der Waals surface area contributed by atoms with E-state index in [2.05, 4.69) is 25.9 Å². The van der Waals surface area contributed by atoms with E-state index in [4.69, 9.17) is 5.73 Å². The van der Waals surface area contributed by atoms with Crippen molar-refractivity contribution in [3.63, 3.8) is 0 Å². The molecule has 1 unspecified atom stereocenters. The normalized spacial score (nSPS) is 12.4. The third kappa shape index (κ3) is 2.28. The van der Waals surface area contributed by atoms with Crippen molar-refractivity contribution in [2.24, 2.45) is 5.73 Å². The molecule has 0 bridgehead atoms. The number of aromatic nitrogens is 2. The number of nitrogens with two attached hydrogens (primary N) is 1. The summed E-state index contributed by atoms with van der Waals surface area (Å²) in [6, 6.07) is 7.55. The van der Waals surface area contributed by atoms with Gasteiger partial charge in [-0.2, -0.15) is 0 Å². The first kappa shape index (κ1) is 11.2. The largest absolute Gasteiger partial charge is 0.318 e. The zero-order valence-corrected chi connectivity index (χ0v) is 10.5. The second kappa shape index (κ2) is 4.72. The summed E-state index contributed by atoms with van der Waals surface area (Å²) >= 11 is 3.51. The van der Waals surface area contributed by atoms with Crippen molar-refractivity contribution >= 4 is 15.9 Å². The van der Waals surface area contributed by atoms with Gasteiger partial charge < -0.3 is 5.73 Å². The Morgan fingerprint density at radius 3 is 2.56 bits per heavy atom. The van der Waals surface area contributed by atoms with E-state index < -0.39 is 0 Å². The Bertz CT molecular complexity index is 485. The molecule has 2 rings (SSSR count). The minimum absolute atomic E-state index is 0.295. The van der Waals surface area contributed by atoms with E-state index in [9.17, 15) is 0 Å². The van der Waals surface area contributed by atoms with Crippen molar-refractivity contribution in [3.8, 4) is 0 Å². The molecule has 1 heterocycles. The maximum absolute atomic E-state index is 6.11. The third-order valence-corrected chi connectivity index (χ3v) is 3.04. The number of hydrogen-bond acceptors (Lipinski definition) is 3. The molecule has 16 heavy (non-hydrogen) atoms. The summed E-state index contributed by atoms with van der Waals surface area (Å²) in [5.41, 5.74) is 8.30. The van der Waals surface area contributed by atoms with Crippen LogP contribution in [0, 0.1) is 6.92 Å². The molecule has 1 aromatic carbocycles. The lowest BCUT2D eigenvalue weighted by molar-refractivity contribution is 0.776. The van der Waals surface area contributed by atoms with Gasteiger partial charge in [-0.05, 0) is 30.2 Å². The van der Waals surface area contributed by atoms with Gasteiger partial charge in [-0.1, -0.05) is 28.1 Å². The quantitative estimate of drug-likeness (QED) is 0.918. The summed E-state index contributed by atoms with van der Waals surface area (Å²) in [6.07, 6.45) is 3.40. The van der Waals surface area contributed by atoms with Crippen molar-refractivity contribution in [2.45, 2.75) is 13.0 Å². The molecule has 3 nitrogen and oxygen atoms in total. The highest BCUT2D eigenvalue weighted by Gasteiger charge is 2.14. The lowest BCUT2D eigenvalue weighted by Gasteiger charge is -2.12. The average Bonchev–Trinajstić information content (AvgIpc) is 2.29. The van der Waals surface area contributed by atoms with E-state index in [1.807, 2.05) is 25.1 Å². The predicted octanol–water partition coefficient (Wildman–Crippen LogP) is 2.60. The molecule has 0 fully saturated rings. The Kier molecular flexibility index (Phi) is 3.31. The first-order valence-corrected chi connectivity index (χ1v) is 5.76. The Hall–Kier alpha value is -1.26. The van der Waals surface area contributed by atoms with Crippen LogP contribution in [0.15, 0.2) is 41.1 Å². The van der Waals surface area contributed by atoms with Crippen LogP contribution in [0.2, 0.25) is 0 Å². The highest BCUT2D eigenvalue weighted by atomic mass is 79.9. The van der Waals surface area contributed by atoms with Gasteiger partial charge in [0.25, 0.3) is 0 Å². The molecule has 2 N–H and O–H groups in total. The van der Waals surface area contributed by atoms with Gasteiger partial charge in [-0.3, -0.25) is 0 Å². The lowest BCUT2D eigenvalue weighted by atomic mass is 10.1. The van der Waals surface area contributed by atoms with Crippen LogP contribution in [0.4, 0.5) is 0 Å². The lowest BCUT2D eigenvalue weighted by Crippen LogP contribution is -2.15. The molecule has 2 aromatic rings. The molecule has 0 spiro atoms. The average molecular weight is 278 g/mol. The van der Waals surface area contributed by atoms with E-state index in [-0.39, 0.29) is 6.04 Å². The molecule has 0 aliphatic heterocycles. The molecular formula is C12H12BrN3. The predicted molar refractivity (Wildman–Crippen MR) is 66.9 cm³/mol. The minimum Gasteiger partial charge on any atom is -0.318 e. The van der Waals surface area contributed by atoms with Gasteiger partial charge in [0, 0.05) is 16.9 Å². The van der Waals surface area contributed by atoms with Crippen LogP contribution >= 0.6 is 15.9 Å². The van der Waals surface area contributed by atoms with Crippen LogP contribution in [0.1, 0.15) is 23.0 Å². The van der Waals surface area contributed by atoms with Gasteiger partial charge >= 0.3 is 0 Å². The van der Waals surface area contributed by atoms with Crippen LogP contribution in [0.3, 0.4) is 0 Å². The van der Waals surface area contributed by atoms with Crippen LogP contribution < -0.4 is 5.73 Å². The number of halogens is 1. The Balaban J connectivity index is 2.38. The standard InChI is InChI=1S/C12H12BrN3/c1-8-3-4-9(10(13)7-8)11(14)12-15-5-2-6-16-12/h2-7,11H,14H2,1H3. The molecule has 82 valence electrons. The highest BCUT2D eigenvalue weighted by Crippen LogP contribution is 2.25. The van der Waals surface area contributed by atoms with Gasteiger partial charge in [0.2, 0.25) is 0 Å². The van der Waals surface area contributed by atoms with Gasteiger partial charge in [0.1, 0.15) is 5.82 Å². The molecule has 0 aliphatic rings. The van der Waals surface area contributed by atoms with Crippen molar-refractivity contribution < 1.29 is 0 Å². The van der Waals surface area contributed by atoms with Crippen LogP contribution in [-0.2, 0) is 0 Å². The summed E-state index contributed by atoms with van der Waals surface area (Å²) in [5.74, 6) is 0.632. The molecule has 0 aliphatic carbocycles. The summed E-state index contributed by atoms with van der Waals surface area (Å²) in [7, 11) is 0. The third-order valence-electron chi connectivity index (χ3n) is 2.35. The second-order valence-corrected chi connectivity index (χ2v) is 4.46. The molecule has 0 amide bonds. The summed E-state index contributed by atoms with van der Waals surface area (Å²) in [5, 5.41) is 0. The maximum Gasteiger partial charge on any atom is 0.149 e. The van der Waals surface area contributed by atoms with Crippen molar-refractivity contribution in [3.05, 3.63) is 58.1 Å². The van der Waals surface area contributed by atoms with Crippen LogP contribution in [-0.4, -0.2) is 9.97 Å². The Morgan fingerprint density at radius 1 is 1.25 bits per heavy atom. The molecule has 1 atom stereocenters. The summed E-state index contributed by atoms with van der Waals surface area (Å²) < 4.78 is 0.993. The number of aryl methyl sites for hydroxylation is 1.